The number of imidazole rings is 1. The molecule has 2 aliphatic carbocycles. The predicted octanol–water partition coefficient (Wildman–Crippen LogP) is 6.79. The number of carbonyl (C=O) groups excluding carboxylic acids is 2. The highest BCUT2D eigenvalue weighted by molar-refractivity contribution is 6.01. The van der Waals surface area contributed by atoms with Crippen LogP contribution in [0.1, 0.15) is 48.5 Å². The molecule has 2 unspecified atom stereocenters. The van der Waals surface area contributed by atoms with Crippen LogP contribution in [0.5, 0.6) is 5.75 Å². The summed E-state index contributed by atoms with van der Waals surface area (Å²) in [6.07, 6.45) is 4.80. The molecular weight excluding hydrogens is 576 g/mol. The highest BCUT2D eigenvalue weighted by Crippen LogP contribution is 2.44. The topological polar surface area (TPSA) is 93.4 Å². The molecule has 0 spiro atoms. The Hall–Kier alpha value is -4.79. The summed E-state index contributed by atoms with van der Waals surface area (Å²) in [4.78, 5) is 32.9. The van der Waals surface area contributed by atoms with Crippen molar-refractivity contribution in [1.82, 2.24) is 24.3 Å². The first-order valence-electron chi connectivity index (χ1n) is 16.5. The van der Waals surface area contributed by atoms with Gasteiger partial charge in [-0.3, -0.25) is 4.79 Å². The lowest BCUT2D eigenvalue weighted by molar-refractivity contribution is 0.0696. The lowest BCUT2D eigenvalue weighted by Crippen LogP contribution is -2.38. The minimum atomic E-state index is -0.164. The van der Waals surface area contributed by atoms with E-state index in [4.69, 9.17) is 9.72 Å². The maximum Gasteiger partial charge on any atom is 0.319 e. The van der Waals surface area contributed by atoms with E-state index in [1.807, 2.05) is 25.2 Å². The minimum Gasteiger partial charge on any atom is -0.494 e. The molecule has 3 amide bonds. The van der Waals surface area contributed by atoms with Gasteiger partial charge in [-0.25, -0.2) is 9.78 Å². The highest BCUT2D eigenvalue weighted by atomic mass is 16.5. The van der Waals surface area contributed by atoms with E-state index in [0.29, 0.717) is 41.7 Å². The van der Waals surface area contributed by atoms with Gasteiger partial charge in [-0.15, -0.1) is 0 Å². The number of ether oxygens (including phenoxy) is 1. The quantitative estimate of drug-likeness (QED) is 0.220. The van der Waals surface area contributed by atoms with Crippen molar-refractivity contribution in [2.24, 2.45) is 24.8 Å². The standard InChI is InChI=1S/C37H38N6O3/c1-20-25-9-11-30(20)43(19-25)36(44)26-13-29-34(33(16-26)46-3)41(2)35(39-29)32-15-24-7-6-23(14-31(24)42(32)18-21-4-5-21)22-8-10-28-27(12-22)17-38-37(45)40-28/h6-8,10,12-16,20-21,25,30H,4-5,9,11,17-19H2,1-3H3,(H2,38,40,45)/t20-,25?,30?/m1/s1. The van der Waals surface area contributed by atoms with Crippen LogP contribution in [0.3, 0.4) is 0 Å². The molecule has 3 atom stereocenters. The van der Waals surface area contributed by atoms with Crippen molar-refractivity contribution in [3.8, 4) is 28.4 Å². The van der Waals surface area contributed by atoms with Crippen LogP contribution >= 0.6 is 0 Å². The number of aryl methyl sites for hydroxylation is 1. The van der Waals surface area contributed by atoms with E-state index >= 15 is 0 Å². The molecule has 3 aromatic carbocycles. The molecule has 2 aliphatic heterocycles. The van der Waals surface area contributed by atoms with Crippen molar-refractivity contribution < 1.29 is 14.3 Å². The first-order chi connectivity index (χ1) is 22.4. The molecular formula is C37H38N6O3. The molecule has 9 heteroatoms. The summed E-state index contributed by atoms with van der Waals surface area (Å²) < 4.78 is 10.4. The molecule has 2 bridgehead atoms. The zero-order chi connectivity index (χ0) is 31.3. The maximum atomic E-state index is 13.8. The van der Waals surface area contributed by atoms with Crippen LogP contribution in [-0.4, -0.2) is 50.7 Å². The number of fused-ring (bicyclic) bond motifs is 5. The second kappa shape index (κ2) is 10.1. The largest absolute Gasteiger partial charge is 0.494 e. The second-order valence-electron chi connectivity index (χ2n) is 13.8. The fraction of sp³-hybridized carbons (Fsp3) is 0.378. The van der Waals surface area contributed by atoms with Crippen molar-refractivity contribution in [3.63, 3.8) is 0 Å². The van der Waals surface area contributed by atoms with Gasteiger partial charge in [0.1, 0.15) is 11.3 Å². The Morgan fingerprint density at radius 2 is 1.85 bits per heavy atom. The van der Waals surface area contributed by atoms with Crippen LogP contribution in [0.15, 0.2) is 54.6 Å². The molecule has 46 heavy (non-hydrogen) atoms. The first-order valence-corrected chi connectivity index (χ1v) is 16.5. The summed E-state index contributed by atoms with van der Waals surface area (Å²) in [5.74, 6) is 3.45. The van der Waals surface area contributed by atoms with E-state index in [0.717, 1.165) is 64.4 Å². The number of urea groups is 1. The van der Waals surface area contributed by atoms with E-state index in [-0.39, 0.29) is 11.9 Å². The Morgan fingerprint density at radius 3 is 2.61 bits per heavy atom. The smallest absolute Gasteiger partial charge is 0.319 e. The molecule has 5 aromatic rings. The number of benzene rings is 3. The van der Waals surface area contributed by atoms with Crippen molar-refractivity contribution in [2.45, 2.75) is 51.7 Å². The van der Waals surface area contributed by atoms with E-state index < -0.39 is 0 Å². The summed E-state index contributed by atoms with van der Waals surface area (Å²) in [6.45, 7) is 4.59. The number of likely N-dealkylation sites (tertiary alicyclic amines) is 1. The van der Waals surface area contributed by atoms with Gasteiger partial charge >= 0.3 is 6.03 Å². The van der Waals surface area contributed by atoms with E-state index in [2.05, 4.69) is 68.0 Å². The van der Waals surface area contributed by atoms with Crippen molar-refractivity contribution in [1.29, 1.82) is 0 Å². The van der Waals surface area contributed by atoms with Crippen molar-refractivity contribution in [3.05, 3.63) is 65.7 Å². The third-order valence-corrected chi connectivity index (χ3v) is 11.1. The number of piperidine rings is 1. The molecule has 9 nitrogen and oxygen atoms in total. The van der Waals surface area contributed by atoms with Gasteiger partial charge in [-0.1, -0.05) is 25.1 Å². The van der Waals surface area contributed by atoms with Gasteiger partial charge in [0, 0.05) is 54.9 Å². The Kier molecular flexibility index (Phi) is 6.05. The van der Waals surface area contributed by atoms with Gasteiger partial charge in [0.2, 0.25) is 0 Å². The SMILES string of the molecule is COc1cc(C(=O)N2CC3CCC2[C@@H]3C)cc2nc(-c3cc4ccc(-c5ccc6c(c5)CNC(=O)N6)cc4n3CC3CC3)n(C)c12. The molecule has 2 aromatic heterocycles. The number of nitrogens with zero attached hydrogens (tertiary/aromatic N) is 4. The third-order valence-electron chi connectivity index (χ3n) is 11.1. The summed E-state index contributed by atoms with van der Waals surface area (Å²) in [5.41, 5.74) is 8.74. The first kappa shape index (κ1) is 27.5. The number of rotatable bonds is 6. The van der Waals surface area contributed by atoms with Gasteiger partial charge in [0.05, 0.1) is 18.3 Å². The maximum absolute atomic E-state index is 13.8. The lowest BCUT2D eigenvalue weighted by Gasteiger charge is -2.27. The Morgan fingerprint density at radius 1 is 1.02 bits per heavy atom. The van der Waals surface area contributed by atoms with Crippen LogP contribution in [0.4, 0.5) is 10.5 Å². The zero-order valence-electron chi connectivity index (χ0n) is 26.5. The van der Waals surface area contributed by atoms with Gasteiger partial charge < -0.3 is 29.4 Å². The summed E-state index contributed by atoms with van der Waals surface area (Å²) >= 11 is 0. The number of amides is 3. The van der Waals surface area contributed by atoms with Crippen LogP contribution in [0.25, 0.3) is 44.6 Å². The normalized spacial score (nSPS) is 21.9. The van der Waals surface area contributed by atoms with E-state index in [1.165, 1.54) is 30.2 Å². The Labute approximate surface area is 267 Å². The summed E-state index contributed by atoms with van der Waals surface area (Å²) in [7, 11) is 3.71. The van der Waals surface area contributed by atoms with E-state index in [9.17, 15) is 9.59 Å². The average molecular weight is 615 g/mol. The molecule has 9 rings (SSSR count). The van der Waals surface area contributed by atoms with Crippen molar-refractivity contribution >= 4 is 39.6 Å². The highest BCUT2D eigenvalue weighted by Gasteiger charge is 2.46. The van der Waals surface area contributed by atoms with Crippen LogP contribution < -0.4 is 15.4 Å². The van der Waals surface area contributed by atoms with E-state index in [1.54, 1.807) is 7.11 Å². The molecule has 1 saturated heterocycles. The van der Waals surface area contributed by atoms with Gasteiger partial charge in [0.15, 0.2) is 5.82 Å². The fourth-order valence-electron chi connectivity index (χ4n) is 8.29. The number of nitrogens with one attached hydrogen (secondary N) is 2. The number of hydrogen-bond acceptors (Lipinski definition) is 4. The summed E-state index contributed by atoms with van der Waals surface area (Å²) in [6, 6.07) is 19.1. The van der Waals surface area contributed by atoms with Gasteiger partial charge in [0.25, 0.3) is 5.91 Å². The Bertz CT molecular complexity index is 2090. The number of aromatic nitrogens is 3. The number of anilines is 1. The summed E-state index contributed by atoms with van der Waals surface area (Å²) in [5, 5.41) is 6.92. The number of methoxy groups -OCH3 is 1. The molecule has 2 N–H and O–H groups in total. The fourth-order valence-corrected chi connectivity index (χ4v) is 8.29. The third kappa shape index (κ3) is 4.24. The molecule has 2 saturated carbocycles. The van der Waals surface area contributed by atoms with Crippen LogP contribution in [0, 0.1) is 17.8 Å². The van der Waals surface area contributed by atoms with Crippen LogP contribution in [-0.2, 0) is 20.1 Å². The molecule has 3 fully saturated rings. The zero-order valence-corrected chi connectivity index (χ0v) is 26.5. The monoisotopic (exact) mass is 614 g/mol. The molecule has 0 radical (unpaired) electrons. The van der Waals surface area contributed by atoms with Gasteiger partial charge in [-0.2, -0.15) is 0 Å². The van der Waals surface area contributed by atoms with Crippen molar-refractivity contribution in [2.75, 3.05) is 19.0 Å². The molecule has 4 aliphatic rings. The molecule has 234 valence electrons. The van der Waals surface area contributed by atoms with Gasteiger partial charge in [-0.05, 0) is 96.5 Å². The lowest BCUT2D eigenvalue weighted by atomic mass is 10.00. The predicted molar refractivity (Wildman–Crippen MR) is 179 cm³/mol. The molecule has 4 heterocycles. The van der Waals surface area contributed by atoms with Crippen LogP contribution in [0.2, 0.25) is 0 Å². The second-order valence-corrected chi connectivity index (χ2v) is 13.8. The number of hydrogen-bond donors (Lipinski definition) is 2. The minimum absolute atomic E-state index is 0.0853. The number of carbonyl (C=O) groups is 2. The average Bonchev–Trinajstić information content (AvgIpc) is 3.47. The Balaban J connectivity index is 1.13.